The van der Waals surface area contributed by atoms with Gasteiger partial charge in [0.1, 0.15) is 11.6 Å². The average Bonchev–Trinajstić information content (AvgIpc) is 3.04. The predicted molar refractivity (Wildman–Crippen MR) is 101 cm³/mol. The summed E-state index contributed by atoms with van der Waals surface area (Å²) in [6.45, 7) is 15.7. The maximum Gasteiger partial charge on any atom is 0.132 e. The molecule has 25 heavy (non-hydrogen) atoms. The topological polar surface area (TPSA) is 50.1 Å². The van der Waals surface area contributed by atoms with Crippen LogP contribution in [-0.4, -0.2) is 50.8 Å². The lowest BCUT2D eigenvalue weighted by Crippen LogP contribution is -2.46. The highest BCUT2D eigenvalue weighted by atomic mass is 15.3. The first-order valence-electron chi connectivity index (χ1n) is 9.21. The van der Waals surface area contributed by atoms with Crippen LogP contribution in [0, 0.1) is 6.92 Å². The molecule has 2 aromatic rings. The van der Waals surface area contributed by atoms with Gasteiger partial charge in [0.05, 0.1) is 11.7 Å². The highest BCUT2D eigenvalue weighted by Crippen LogP contribution is 2.18. The first kappa shape index (κ1) is 17.9. The Labute approximate surface area is 150 Å². The molecule has 0 radical (unpaired) electrons. The van der Waals surface area contributed by atoms with Crippen LogP contribution in [0.25, 0.3) is 0 Å². The second kappa shape index (κ2) is 7.12. The van der Waals surface area contributed by atoms with E-state index in [4.69, 9.17) is 0 Å². The van der Waals surface area contributed by atoms with Crippen LogP contribution in [-0.2, 0) is 18.5 Å². The van der Waals surface area contributed by atoms with E-state index in [0.29, 0.717) is 0 Å². The van der Waals surface area contributed by atoms with E-state index in [1.165, 1.54) is 5.56 Å². The summed E-state index contributed by atoms with van der Waals surface area (Å²) in [4.78, 5) is 14.0. The van der Waals surface area contributed by atoms with Crippen molar-refractivity contribution in [2.45, 2.75) is 53.1 Å². The normalized spacial score (nSPS) is 16.4. The van der Waals surface area contributed by atoms with Crippen molar-refractivity contribution >= 4 is 5.82 Å². The van der Waals surface area contributed by atoms with E-state index in [2.05, 4.69) is 69.5 Å². The van der Waals surface area contributed by atoms with Crippen LogP contribution in [0.4, 0.5) is 5.82 Å². The first-order chi connectivity index (χ1) is 11.8. The fraction of sp³-hybridized carbons (Fsp3) is 0.632. The zero-order valence-corrected chi connectivity index (χ0v) is 16.2. The van der Waals surface area contributed by atoms with Gasteiger partial charge in [0.15, 0.2) is 0 Å². The minimum atomic E-state index is 0.0405. The molecule has 1 fully saturated rings. The van der Waals surface area contributed by atoms with Crippen LogP contribution in [0.15, 0.2) is 18.5 Å². The molecule has 3 heterocycles. The Morgan fingerprint density at radius 1 is 1.08 bits per heavy atom. The number of hydrogen-bond donors (Lipinski definition) is 0. The Kier molecular flexibility index (Phi) is 5.08. The Balaban J connectivity index is 1.59. The molecule has 1 aliphatic rings. The summed E-state index contributed by atoms with van der Waals surface area (Å²) in [6, 6.07) is 2.13. The molecule has 0 atom stereocenters. The fourth-order valence-corrected chi connectivity index (χ4v) is 3.16. The molecule has 6 nitrogen and oxygen atoms in total. The third-order valence-corrected chi connectivity index (χ3v) is 4.67. The summed E-state index contributed by atoms with van der Waals surface area (Å²) in [5, 5.41) is 4.51. The number of aryl methyl sites for hydroxylation is 2. The van der Waals surface area contributed by atoms with Gasteiger partial charge >= 0.3 is 0 Å². The van der Waals surface area contributed by atoms with Crippen LogP contribution >= 0.6 is 0 Å². The molecule has 0 saturated carbocycles. The van der Waals surface area contributed by atoms with E-state index in [0.717, 1.165) is 56.5 Å². The lowest BCUT2D eigenvalue weighted by molar-refractivity contribution is 0.249. The van der Waals surface area contributed by atoms with Crippen LogP contribution in [0.5, 0.6) is 0 Å². The van der Waals surface area contributed by atoms with Gasteiger partial charge in [-0.1, -0.05) is 6.92 Å². The second-order valence-corrected chi connectivity index (χ2v) is 7.85. The van der Waals surface area contributed by atoms with Gasteiger partial charge in [-0.2, -0.15) is 5.10 Å². The molecule has 2 aromatic heterocycles. The van der Waals surface area contributed by atoms with Gasteiger partial charge in [-0.05, 0) is 34.1 Å². The number of anilines is 1. The van der Waals surface area contributed by atoms with Gasteiger partial charge < -0.3 is 4.90 Å². The zero-order chi connectivity index (χ0) is 18.0. The van der Waals surface area contributed by atoms with Crippen molar-refractivity contribution in [1.82, 2.24) is 24.6 Å². The monoisotopic (exact) mass is 342 g/mol. The summed E-state index contributed by atoms with van der Waals surface area (Å²) in [7, 11) is 0. The van der Waals surface area contributed by atoms with Gasteiger partial charge in [0.25, 0.3) is 0 Å². The van der Waals surface area contributed by atoms with Crippen LogP contribution in [0.2, 0.25) is 0 Å². The molecule has 3 rings (SSSR count). The van der Waals surface area contributed by atoms with Crippen molar-refractivity contribution < 1.29 is 0 Å². The summed E-state index contributed by atoms with van der Waals surface area (Å²) >= 11 is 0. The van der Waals surface area contributed by atoms with E-state index >= 15 is 0 Å². The molecule has 0 amide bonds. The Bertz CT molecular complexity index is 707. The van der Waals surface area contributed by atoms with Crippen molar-refractivity contribution in [1.29, 1.82) is 0 Å². The first-order valence-corrected chi connectivity index (χ1v) is 9.21. The number of nitrogens with zero attached hydrogens (tertiary/aromatic N) is 6. The van der Waals surface area contributed by atoms with Gasteiger partial charge in [-0.25, -0.2) is 9.97 Å². The second-order valence-electron chi connectivity index (χ2n) is 7.85. The van der Waals surface area contributed by atoms with Gasteiger partial charge in [0.2, 0.25) is 0 Å². The third-order valence-electron chi connectivity index (χ3n) is 4.67. The van der Waals surface area contributed by atoms with E-state index < -0.39 is 0 Å². The number of hydrogen-bond acceptors (Lipinski definition) is 5. The molecule has 0 bridgehead atoms. The largest absolute Gasteiger partial charge is 0.354 e. The number of piperazine rings is 1. The highest BCUT2D eigenvalue weighted by molar-refractivity contribution is 5.40. The highest BCUT2D eigenvalue weighted by Gasteiger charge is 2.20. The minimum absolute atomic E-state index is 0.0405. The third kappa shape index (κ3) is 4.37. The molecule has 1 saturated heterocycles. The van der Waals surface area contributed by atoms with Crippen molar-refractivity contribution in [3.8, 4) is 0 Å². The van der Waals surface area contributed by atoms with Gasteiger partial charge in [-0.15, -0.1) is 0 Å². The Morgan fingerprint density at radius 3 is 2.40 bits per heavy atom. The summed E-state index contributed by atoms with van der Waals surface area (Å²) < 4.78 is 2.05. The molecule has 136 valence electrons. The van der Waals surface area contributed by atoms with Crippen molar-refractivity contribution in [2.24, 2.45) is 0 Å². The van der Waals surface area contributed by atoms with Crippen molar-refractivity contribution in [3.63, 3.8) is 0 Å². The molecule has 0 N–H and O–H groups in total. The lowest BCUT2D eigenvalue weighted by atomic mass is 10.1. The minimum Gasteiger partial charge on any atom is -0.354 e. The fourth-order valence-electron chi connectivity index (χ4n) is 3.16. The standard InChI is InChI=1S/C19H30N6/c1-6-17-11-18(22-15(2)21-17)24-9-7-23(8-10-24)13-16-12-20-25(14-16)19(3,4)5/h11-12,14H,6-10,13H2,1-5H3. The average molecular weight is 342 g/mol. The molecule has 0 spiro atoms. The van der Waals surface area contributed by atoms with Crippen molar-refractivity contribution in [2.75, 3.05) is 31.1 Å². The van der Waals surface area contributed by atoms with E-state index in [1.807, 2.05) is 13.1 Å². The van der Waals surface area contributed by atoms with E-state index in [9.17, 15) is 0 Å². The maximum absolute atomic E-state index is 4.63. The summed E-state index contributed by atoms with van der Waals surface area (Å²) in [6.07, 6.45) is 5.13. The van der Waals surface area contributed by atoms with Crippen LogP contribution in [0.1, 0.15) is 44.8 Å². The lowest BCUT2D eigenvalue weighted by Gasteiger charge is -2.35. The molecule has 6 heteroatoms. The van der Waals surface area contributed by atoms with Crippen molar-refractivity contribution in [3.05, 3.63) is 35.5 Å². The summed E-state index contributed by atoms with van der Waals surface area (Å²) in [5.41, 5.74) is 2.45. The molecular formula is C19H30N6. The number of rotatable bonds is 4. The van der Waals surface area contributed by atoms with E-state index in [-0.39, 0.29) is 5.54 Å². The predicted octanol–water partition coefficient (Wildman–Crippen LogP) is 2.62. The molecule has 0 aromatic carbocycles. The van der Waals surface area contributed by atoms with Crippen LogP contribution < -0.4 is 4.90 Å². The quantitative estimate of drug-likeness (QED) is 0.855. The molecular weight excluding hydrogens is 312 g/mol. The van der Waals surface area contributed by atoms with E-state index in [1.54, 1.807) is 0 Å². The molecule has 1 aliphatic heterocycles. The maximum atomic E-state index is 4.63. The van der Waals surface area contributed by atoms with Gasteiger partial charge in [-0.3, -0.25) is 9.58 Å². The molecule has 0 aliphatic carbocycles. The molecule has 0 unspecified atom stereocenters. The van der Waals surface area contributed by atoms with Crippen LogP contribution in [0.3, 0.4) is 0 Å². The SMILES string of the molecule is CCc1cc(N2CCN(Cc3cnn(C(C)(C)C)c3)CC2)nc(C)n1. The smallest absolute Gasteiger partial charge is 0.132 e. The summed E-state index contributed by atoms with van der Waals surface area (Å²) in [5.74, 6) is 1.94. The number of aromatic nitrogens is 4. The Morgan fingerprint density at radius 2 is 1.80 bits per heavy atom. The van der Waals surface area contributed by atoms with Gasteiger partial charge in [0, 0.05) is 56.2 Å². The zero-order valence-electron chi connectivity index (χ0n) is 16.2. The Hall–Kier alpha value is -1.95.